The highest BCUT2D eigenvalue weighted by molar-refractivity contribution is 6.05. The van der Waals surface area contributed by atoms with Crippen molar-refractivity contribution in [1.82, 2.24) is 10.1 Å². The Morgan fingerprint density at radius 1 is 1.03 bits per heavy atom. The second-order valence-electron chi connectivity index (χ2n) is 6.78. The largest absolute Gasteiger partial charge is 0.378 e. The molecule has 7 heteroatoms. The zero-order chi connectivity index (χ0) is 20.2. The average molecular weight is 391 g/mol. The highest BCUT2D eigenvalue weighted by atomic mass is 16.5. The second-order valence-corrected chi connectivity index (χ2v) is 6.78. The van der Waals surface area contributed by atoms with Crippen LogP contribution in [0.4, 0.5) is 5.69 Å². The minimum Gasteiger partial charge on any atom is -0.378 e. The number of anilines is 1. The van der Waals surface area contributed by atoms with Gasteiger partial charge >= 0.3 is 0 Å². The fourth-order valence-corrected chi connectivity index (χ4v) is 3.25. The van der Waals surface area contributed by atoms with Crippen molar-refractivity contribution in [1.29, 1.82) is 0 Å². The van der Waals surface area contributed by atoms with Crippen LogP contribution in [-0.4, -0.2) is 48.2 Å². The van der Waals surface area contributed by atoms with Crippen LogP contribution in [0.15, 0.2) is 59.1 Å². The second kappa shape index (κ2) is 8.28. The third-order valence-corrected chi connectivity index (χ3v) is 4.91. The van der Waals surface area contributed by atoms with Gasteiger partial charge in [0.15, 0.2) is 11.5 Å². The lowest BCUT2D eigenvalue weighted by molar-refractivity contribution is 0.0302. The summed E-state index contributed by atoms with van der Waals surface area (Å²) in [6.07, 6.45) is 0. The average Bonchev–Trinajstić information content (AvgIpc) is 3.26. The van der Waals surface area contributed by atoms with Gasteiger partial charge in [0.05, 0.1) is 13.2 Å². The summed E-state index contributed by atoms with van der Waals surface area (Å²) in [6, 6.07) is 16.3. The maximum atomic E-state index is 12.8. The van der Waals surface area contributed by atoms with Crippen molar-refractivity contribution < 1.29 is 18.8 Å². The Hall–Kier alpha value is -3.45. The molecule has 29 heavy (non-hydrogen) atoms. The monoisotopic (exact) mass is 391 g/mol. The van der Waals surface area contributed by atoms with Gasteiger partial charge in [0.25, 0.3) is 11.8 Å². The van der Waals surface area contributed by atoms with Gasteiger partial charge in [0.1, 0.15) is 0 Å². The van der Waals surface area contributed by atoms with Gasteiger partial charge in [0.2, 0.25) is 0 Å². The molecule has 0 atom stereocenters. The zero-order valence-corrected chi connectivity index (χ0v) is 16.1. The molecule has 1 saturated heterocycles. The normalized spacial score (nSPS) is 13.9. The summed E-state index contributed by atoms with van der Waals surface area (Å²) in [4.78, 5) is 27.2. The fourth-order valence-electron chi connectivity index (χ4n) is 3.25. The van der Waals surface area contributed by atoms with Crippen molar-refractivity contribution in [3.05, 3.63) is 71.4 Å². The van der Waals surface area contributed by atoms with Gasteiger partial charge in [-0.15, -0.1) is 0 Å². The summed E-state index contributed by atoms with van der Waals surface area (Å²) < 4.78 is 10.6. The summed E-state index contributed by atoms with van der Waals surface area (Å²) in [5, 5.41) is 6.71. The summed E-state index contributed by atoms with van der Waals surface area (Å²) in [5.74, 6) is 0.0634. The molecule has 1 fully saturated rings. The first-order valence-corrected chi connectivity index (χ1v) is 9.43. The number of rotatable bonds is 4. The van der Waals surface area contributed by atoms with Crippen LogP contribution >= 0.6 is 0 Å². The highest BCUT2D eigenvalue weighted by Gasteiger charge is 2.22. The molecule has 1 aliphatic heterocycles. The molecule has 2 aromatic carbocycles. The number of nitrogens with zero attached hydrogens (tertiary/aromatic N) is 2. The maximum absolute atomic E-state index is 12.8. The third-order valence-electron chi connectivity index (χ3n) is 4.91. The number of benzene rings is 2. The van der Waals surface area contributed by atoms with Gasteiger partial charge in [-0.1, -0.05) is 41.6 Å². The molecule has 3 aromatic rings. The van der Waals surface area contributed by atoms with E-state index in [0.29, 0.717) is 48.9 Å². The van der Waals surface area contributed by atoms with Gasteiger partial charge in [0, 0.05) is 36.0 Å². The number of morpholine rings is 1. The Kier molecular flexibility index (Phi) is 5.39. The smallest absolute Gasteiger partial charge is 0.277 e. The predicted octanol–water partition coefficient (Wildman–Crippen LogP) is 3.37. The first-order valence-electron chi connectivity index (χ1n) is 9.43. The Labute approximate surface area is 168 Å². The number of carbonyl (C=O) groups is 2. The number of hydrogen-bond acceptors (Lipinski definition) is 5. The van der Waals surface area contributed by atoms with E-state index in [4.69, 9.17) is 9.26 Å². The van der Waals surface area contributed by atoms with E-state index in [-0.39, 0.29) is 11.6 Å². The molecule has 2 amide bonds. The van der Waals surface area contributed by atoms with E-state index in [1.54, 1.807) is 29.2 Å². The van der Waals surface area contributed by atoms with Crippen LogP contribution in [0.3, 0.4) is 0 Å². The summed E-state index contributed by atoms with van der Waals surface area (Å²) in [7, 11) is 0. The first kappa shape index (κ1) is 18.9. The summed E-state index contributed by atoms with van der Waals surface area (Å²) in [5.41, 5.74) is 2.86. The van der Waals surface area contributed by atoms with Crippen molar-refractivity contribution in [3.63, 3.8) is 0 Å². The molecule has 2 heterocycles. The number of nitrogens with one attached hydrogen (secondary N) is 1. The van der Waals surface area contributed by atoms with Crippen LogP contribution in [0.25, 0.3) is 11.3 Å². The first-order chi connectivity index (χ1) is 14.1. The Morgan fingerprint density at radius 2 is 1.79 bits per heavy atom. The van der Waals surface area contributed by atoms with Gasteiger partial charge in [-0.25, -0.2) is 0 Å². The molecule has 4 rings (SSSR count). The van der Waals surface area contributed by atoms with E-state index < -0.39 is 5.91 Å². The Morgan fingerprint density at radius 3 is 2.55 bits per heavy atom. The zero-order valence-electron chi connectivity index (χ0n) is 16.1. The quantitative estimate of drug-likeness (QED) is 0.737. The number of hydrogen-bond donors (Lipinski definition) is 1. The van der Waals surface area contributed by atoms with Gasteiger partial charge in [-0.05, 0) is 24.6 Å². The van der Waals surface area contributed by atoms with Crippen molar-refractivity contribution in [2.75, 3.05) is 31.6 Å². The van der Waals surface area contributed by atoms with Gasteiger partial charge < -0.3 is 19.5 Å². The molecule has 0 aliphatic carbocycles. The molecular weight excluding hydrogens is 370 g/mol. The van der Waals surface area contributed by atoms with E-state index in [1.807, 2.05) is 37.3 Å². The minimum absolute atomic E-state index is 0.0605. The predicted molar refractivity (Wildman–Crippen MR) is 108 cm³/mol. The molecule has 0 bridgehead atoms. The molecule has 0 spiro atoms. The summed E-state index contributed by atoms with van der Waals surface area (Å²) in [6.45, 7) is 4.03. The molecule has 7 nitrogen and oxygen atoms in total. The van der Waals surface area contributed by atoms with E-state index in [9.17, 15) is 9.59 Å². The van der Waals surface area contributed by atoms with Crippen LogP contribution in [0.1, 0.15) is 26.4 Å². The molecule has 1 N–H and O–H groups in total. The number of amides is 2. The third kappa shape index (κ3) is 4.05. The van der Waals surface area contributed by atoms with Crippen molar-refractivity contribution >= 4 is 17.5 Å². The van der Waals surface area contributed by atoms with Crippen molar-refractivity contribution in [3.8, 4) is 11.3 Å². The lowest BCUT2D eigenvalue weighted by Gasteiger charge is -2.27. The maximum Gasteiger partial charge on any atom is 0.277 e. The minimum atomic E-state index is -0.394. The van der Waals surface area contributed by atoms with Crippen LogP contribution in [-0.2, 0) is 4.74 Å². The van der Waals surface area contributed by atoms with E-state index >= 15 is 0 Å². The lowest BCUT2D eigenvalue weighted by Crippen LogP contribution is -2.41. The molecule has 0 saturated carbocycles. The lowest BCUT2D eigenvalue weighted by atomic mass is 10.0. The molecular formula is C22H21N3O4. The summed E-state index contributed by atoms with van der Waals surface area (Å²) >= 11 is 0. The molecule has 0 radical (unpaired) electrons. The van der Waals surface area contributed by atoms with E-state index in [0.717, 1.165) is 5.56 Å². The van der Waals surface area contributed by atoms with Crippen LogP contribution in [0, 0.1) is 6.92 Å². The Bertz CT molecular complexity index is 1020. The van der Waals surface area contributed by atoms with Crippen molar-refractivity contribution in [2.45, 2.75) is 6.92 Å². The molecule has 1 aromatic heterocycles. The SMILES string of the molecule is Cc1c(NC(=O)c2cc(-c3ccccc3)on2)cccc1C(=O)N1CCOCC1. The molecule has 1 aliphatic rings. The van der Waals surface area contributed by atoms with E-state index in [1.165, 1.54) is 0 Å². The van der Waals surface area contributed by atoms with Gasteiger partial charge in [-0.2, -0.15) is 0 Å². The topological polar surface area (TPSA) is 84.7 Å². The number of aromatic nitrogens is 1. The van der Waals surface area contributed by atoms with E-state index in [2.05, 4.69) is 10.5 Å². The number of ether oxygens (including phenoxy) is 1. The van der Waals surface area contributed by atoms with Crippen LogP contribution in [0.2, 0.25) is 0 Å². The number of carbonyl (C=O) groups excluding carboxylic acids is 2. The fraction of sp³-hybridized carbons (Fsp3) is 0.227. The molecule has 0 unspecified atom stereocenters. The Balaban J connectivity index is 1.52. The standard InChI is InChI=1S/C22H21N3O4/c1-15-17(22(27)25-10-12-28-13-11-25)8-5-9-18(15)23-21(26)19-14-20(29-24-19)16-6-3-2-4-7-16/h2-9,14H,10-13H2,1H3,(H,23,26). The highest BCUT2D eigenvalue weighted by Crippen LogP contribution is 2.23. The molecule has 148 valence electrons. The van der Waals surface area contributed by atoms with Crippen LogP contribution in [0.5, 0.6) is 0 Å². The van der Waals surface area contributed by atoms with Crippen LogP contribution < -0.4 is 5.32 Å². The van der Waals surface area contributed by atoms with Gasteiger partial charge in [-0.3, -0.25) is 9.59 Å². The van der Waals surface area contributed by atoms with Crippen molar-refractivity contribution in [2.24, 2.45) is 0 Å².